The Kier molecular flexibility index (Phi) is 4.20. The Morgan fingerprint density at radius 2 is 1.92 bits per heavy atom. The molecule has 0 aliphatic carbocycles. The maximum atomic E-state index is 5.39. The minimum Gasteiger partial charge on any atom is -0.381 e. The molecule has 0 aromatic heterocycles. The molecule has 1 fully saturated rings. The fourth-order valence-electron chi connectivity index (χ4n) is 1.95. The number of hydrogen-bond donors (Lipinski definition) is 1. The van der Waals surface area contributed by atoms with Crippen LogP contribution in [0, 0.1) is 5.92 Å². The van der Waals surface area contributed by atoms with Crippen LogP contribution in [0.3, 0.4) is 0 Å². The summed E-state index contributed by atoms with van der Waals surface area (Å²) in [6.07, 6.45) is 4.97. The van der Waals surface area contributed by atoms with Crippen molar-refractivity contribution in [2.45, 2.75) is 45.1 Å². The number of rotatable bonds is 4. The summed E-state index contributed by atoms with van der Waals surface area (Å²) in [7, 11) is 2.09. The molecular formula is C11H23NO. The Hall–Kier alpha value is -0.0800. The summed E-state index contributed by atoms with van der Waals surface area (Å²) in [4.78, 5) is 0. The third kappa shape index (κ3) is 3.28. The van der Waals surface area contributed by atoms with Gasteiger partial charge in [-0.05, 0) is 38.6 Å². The Labute approximate surface area is 82.0 Å². The molecule has 0 aromatic carbocycles. The van der Waals surface area contributed by atoms with Crippen molar-refractivity contribution in [3.05, 3.63) is 0 Å². The molecular weight excluding hydrogens is 162 g/mol. The van der Waals surface area contributed by atoms with E-state index >= 15 is 0 Å². The third-order valence-corrected chi connectivity index (χ3v) is 3.18. The minimum atomic E-state index is 0.377. The molecule has 0 saturated carbocycles. The van der Waals surface area contributed by atoms with E-state index in [2.05, 4.69) is 26.2 Å². The van der Waals surface area contributed by atoms with E-state index in [1.165, 1.54) is 25.7 Å². The van der Waals surface area contributed by atoms with Crippen molar-refractivity contribution < 1.29 is 4.74 Å². The van der Waals surface area contributed by atoms with Gasteiger partial charge in [-0.15, -0.1) is 0 Å². The molecule has 1 aliphatic rings. The Balaban J connectivity index is 2.38. The van der Waals surface area contributed by atoms with Crippen LogP contribution in [-0.2, 0) is 4.74 Å². The predicted octanol–water partition coefficient (Wildman–Crippen LogP) is 2.19. The van der Waals surface area contributed by atoms with E-state index in [-0.39, 0.29) is 0 Å². The van der Waals surface area contributed by atoms with Crippen molar-refractivity contribution in [3.8, 4) is 0 Å². The van der Waals surface area contributed by atoms with Gasteiger partial charge in [0.1, 0.15) is 0 Å². The molecule has 1 saturated heterocycles. The standard InChI is InChI=1S/C11H23NO/c1-10(2)4-5-11(12-3)6-8-13-9-7-11/h10,12H,4-9H2,1-3H3. The van der Waals surface area contributed by atoms with Crippen LogP contribution < -0.4 is 5.32 Å². The monoisotopic (exact) mass is 185 g/mol. The van der Waals surface area contributed by atoms with Gasteiger partial charge in [-0.1, -0.05) is 13.8 Å². The fraction of sp³-hybridized carbons (Fsp3) is 1.00. The molecule has 0 atom stereocenters. The Morgan fingerprint density at radius 3 is 2.38 bits per heavy atom. The van der Waals surface area contributed by atoms with Crippen LogP contribution in [0.25, 0.3) is 0 Å². The molecule has 1 N–H and O–H groups in total. The second kappa shape index (κ2) is 4.97. The van der Waals surface area contributed by atoms with Crippen molar-refractivity contribution >= 4 is 0 Å². The zero-order valence-electron chi connectivity index (χ0n) is 9.23. The van der Waals surface area contributed by atoms with Crippen LogP contribution in [0.2, 0.25) is 0 Å². The first-order valence-electron chi connectivity index (χ1n) is 5.45. The van der Waals surface area contributed by atoms with Gasteiger partial charge < -0.3 is 10.1 Å². The third-order valence-electron chi connectivity index (χ3n) is 3.18. The quantitative estimate of drug-likeness (QED) is 0.725. The molecule has 2 nitrogen and oxygen atoms in total. The zero-order valence-corrected chi connectivity index (χ0v) is 9.23. The molecule has 1 heterocycles. The Morgan fingerprint density at radius 1 is 1.31 bits per heavy atom. The van der Waals surface area contributed by atoms with Crippen molar-refractivity contribution in [2.24, 2.45) is 5.92 Å². The SMILES string of the molecule is CNC1(CCC(C)C)CCOCC1. The van der Waals surface area contributed by atoms with Gasteiger partial charge in [0.05, 0.1) is 0 Å². The molecule has 2 heteroatoms. The smallest absolute Gasteiger partial charge is 0.0483 e. The van der Waals surface area contributed by atoms with E-state index in [4.69, 9.17) is 4.74 Å². The predicted molar refractivity (Wildman–Crippen MR) is 55.9 cm³/mol. The van der Waals surface area contributed by atoms with E-state index in [9.17, 15) is 0 Å². The first kappa shape index (κ1) is 11.0. The molecule has 1 rings (SSSR count). The highest BCUT2D eigenvalue weighted by Crippen LogP contribution is 2.26. The lowest BCUT2D eigenvalue weighted by molar-refractivity contribution is 0.0357. The molecule has 0 unspecified atom stereocenters. The van der Waals surface area contributed by atoms with Gasteiger partial charge in [0.25, 0.3) is 0 Å². The van der Waals surface area contributed by atoms with Gasteiger partial charge in [0, 0.05) is 18.8 Å². The lowest BCUT2D eigenvalue weighted by Crippen LogP contribution is -2.47. The number of ether oxygens (including phenoxy) is 1. The molecule has 0 radical (unpaired) electrons. The molecule has 0 aromatic rings. The van der Waals surface area contributed by atoms with Gasteiger partial charge in [-0.25, -0.2) is 0 Å². The van der Waals surface area contributed by atoms with Gasteiger partial charge >= 0.3 is 0 Å². The maximum absolute atomic E-state index is 5.39. The zero-order chi connectivity index (χ0) is 9.73. The second-order valence-corrected chi connectivity index (χ2v) is 4.58. The van der Waals surface area contributed by atoms with E-state index in [1.54, 1.807) is 0 Å². The summed E-state index contributed by atoms with van der Waals surface area (Å²) in [6.45, 7) is 6.45. The summed E-state index contributed by atoms with van der Waals surface area (Å²) in [5.41, 5.74) is 0.377. The molecule has 0 amide bonds. The lowest BCUT2D eigenvalue weighted by Gasteiger charge is -2.37. The lowest BCUT2D eigenvalue weighted by atomic mass is 9.83. The van der Waals surface area contributed by atoms with Gasteiger partial charge in [0.15, 0.2) is 0 Å². The van der Waals surface area contributed by atoms with E-state index in [0.29, 0.717) is 5.54 Å². The molecule has 0 spiro atoms. The summed E-state index contributed by atoms with van der Waals surface area (Å²) in [5.74, 6) is 0.813. The van der Waals surface area contributed by atoms with Crippen molar-refractivity contribution in [3.63, 3.8) is 0 Å². The Bertz CT molecular complexity index is 139. The first-order chi connectivity index (χ1) is 6.18. The summed E-state index contributed by atoms with van der Waals surface area (Å²) >= 11 is 0. The first-order valence-corrected chi connectivity index (χ1v) is 5.45. The van der Waals surface area contributed by atoms with Crippen molar-refractivity contribution in [1.82, 2.24) is 5.32 Å². The van der Waals surface area contributed by atoms with Crippen LogP contribution in [-0.4, -0.2) is 25.8 Å². The molecule has 13 heavy (non-hydrogen) atoms. The van der Waals surface area contributed by atoms with E-state index < -0.39 is 0 Å². The van der Waals surface area contributed by atoms with Crippen molar-refractivity contribution in [1.29, 1.82) is 0 Å². The highest BCUT2D eigenvalue weighted by Gasteiger charge is 2.30. The largest absolute Gasteiger partial charge is 0.381 e. The summed E-state index contributed by atoms with van der Waals surface area (Å²) < 4.78 is 5.39. The highest BCUT2D eigenvalue weighted by molar-refractivity contribution is 4.88. The summed E-state index contributed by atoms with van der Waals surface area (Å²) in [5, 5.41) is 3.49. The minimum absolute atomic E-state index is 0.377. The van der Waals surface area contributed by atoms with Gasteiger partial charge in [-0.2, -0.15) is 0 Å². The topological polar surface area (TPSA) is 21.3 Å². The average molecular weight is 185 g/mol. The van der Waals surface area contributed by atoms with Crippen LogP contribution in [0.15, 0.2) is 0 Å². The number of hydrogen-bond acceptors (Lipinski definition) is 2. The van der Waals surface area contributed by atoms with Crippen LogP contribution in [0.4, 0.5) is 0 Å². The normalized spacial score (nSPS) is 22.2. The fourth-order valence-corrected chi connectivity index (χ4v) is 1.95. The van der Waals surface area contributed by atoms with Crippen LogP contribution in [0.1, 0.15) is 39.5 Å². The van der Waals surface area contributed by atoms with Crippen LogP contribution >= 0.6 is 0 Å². The van der Waals surface area contributed by atoms with E-state index in [1.807, 2.05) is 0 Å². The average Bonchev–Trinajstić information content (AvgIpc) is 2.16. The van der Waals surface area contributed by atoms with E-state index in [0.717, 1.165) is 19.1 Å². The molecule has 78 valence electrons. The highest BCUT2D eigenvalue weighted by atomic mass is 16.5. The van der Waals surface area contributed by atoms with Gasteiger partial charge in [-0.3, -0.25) is 0 Å². The van der Waals surface area contributed by atoms with Crippen molar-refractivity contribution in [2.75, 3.05) is 20.3 Å². The molecule has 0 bridgehead atoms. The number of nitrogens with one attached hydrogen (secondary N) is 1. The maximum Gasteiger partial charge on any atom is 0.0483 e. The second-order valence-electron chi connectivity index (χ2n) is 4.58. The van der Waals surface area contributed by atoms with Gasteiger partial charge in [0.2, 0.25) is 0 Å². The molecule has 1 aliphatic heterocycles. The summed E-state index contributed by atoms with van der Waals surface area (Å²) in [6, 6.07) is 0. The van der Waals surface area contributed by atoms with Crippen LogP contribution in [0.5, 0.6) is 0 Å².